The maximum atomic E-state index is 6.27. The van der Waals surface area contributed by atoms with E-state index in [1.165, 1.54) is 17.7 Å². The van der Waals surface area contributed by atoms with Crippen molar-refractivity contribution in [3.63, 3.8) is 0 Å². The molecule has 0 aliphatic carbocycles. The molecule has 1 aromatic rings. The van der Waals surface area contributed by atoms with Gasteiger partial charge in [0.1, 0.15) is 0 Å². The van der Waals surface area contributed by atoms with Gasteiger partial charge in [-0.3, -0.25) is 0 Å². The van der Waals surface area contributed by atoms with Gasteiger partial charge < -0.3 is 10.1 Å². The lowest BCUT2D eigenvalue weighted by Gasteiger charge is -2.38. The Morgan fingerprint density at radius 3 is 3.16 bits per heavy atom. The molecule has 104 valence electrons. The predicted molar refractivity (Wildman–Crippen MR) is 83.5 cm³/mol. The third kappa shape index (κ3) is 3.04. The minimum atomic E-state index is 0.122. The Morgan fingerprint density at radius 2 is 2.37 bits per heavy atom. The first-order chi connectivity index (χ1) is 9.17. The van der Waals surface area contributed by atoms with Crippen LogP contribution < -0.4 is 5.32 Å². The van der Waals surface area contributed by atoms with E-state index < -0.39 is 0 Å². The second-order valence-electron chi connectivity index (χ2n) is 5.65. The van der Waals surface area contributed by atoms with Gasteiger partial charge >= 0.3 is 0 Å². The summed E-state index contributed by atoms with van der Waals surface area (Å²) >= 11 is 8.28. The van der Waals surface area contributed by atoms with Crippen molar-refractivity contribution in [2.75, 3.05) is 23.4 Å². The molecule has 2 aliphatic heterocycles. The lowest BCUT2D eigenvalue weighted by molar-refractivity contribution is -0.0628. The molecule has 0 aromatic heterocycles. The summed E-state index contributed by atoms with van der Waals surface area (Å²) in [6.45, 7) is 2.96. The molecule has 0 amide bonds. The van der Waals surface area contributed by atoms with Gasteiger partial charge in [0, 0.05) is 18.4 Å². The molecule has 19 heavy (non-hydrogen) atoms. The quantitative estimate of drug-likeness (QED) is 0.887. The van der Waals surface area contributed by atoms with Crippen LogP contribution in [0.1, 0.15) is 24.8 Å². The summed E-state index contributed by atoms with van der Waals surface area (Å²) in [5, 5.41) is 4.43. The molecule has 1 spiro atoms. The number of nitrogens with one attached hydrogen (secondary N) is 1. The van der Waals surface area contributed by atoms with E-state index in [2.05, 4.69) is 18.3 Å². The Bertz CT molecular complexity index is 459. The zero-order valence-corrected chi connectivity index (χ0v) is 12.8. The van der Waals surface area contributed by atoms with Gasteiger partial charge in [-0.1, -0.05) is 17.7 Å². The molecular formula is C15H20ClNOS. The fraction of sp³-hybridized carbons (Fsp3) is 0.600. The van der Waals surface area contributed by atoms with Crippen molar-refractivity contribution in [1.29, 1.82) is 0 Å². The molecule has 3 rings (SSSR count). The van der Waals surface area contributed by atoms with E-state index in [9.17, 15) is 0 Å². The Kier molecular flexibility index (Phi) is 3.97. The van der Waals surface area contributed by atoms with E-state index in [0.717, 1.165) is 35.9 Å². The number of anilines is 1. The number of ether oxygens (including phenoxy) is 1. The summed E-state index contributed by atoms with van der Waals surface area (Å²) in [6.07, 6.45) is 3.36. The van der Waals surface area contributed by atoms with Gasteiger partial charge in [-0.15, -0.1) is 0 Å². The number of halogens is 1. The van der Waals surface area contributed by atoms with Crippen LogP contribution in [0.25, 0.3) is 0 Å². The molecule has 2 unspecified atom stereocenters. The molecule has 0 saturated carbocycles. The number of hydrogen-bond acceptors (Lipinski definition) is 3. The van der Waals surface area contributed by atoms with Gasteiger partial charge in [-0.25, -0.2) is 0 Å². The van der Waals surface area contributed by atoms with Crippen molar-refractivity contribution in [3.8, 4) is 0 Å². The number of thioether (sulfide) groups is 1. The maximum Gasteiger partial charge on any atom is 0.0799 e. The van der Waals surface area contributed by atoms with Gasteiger partial charge in [-0.2, -0.15) is 11.8 Å². The van der Waals surface area contributed by atoms with Gasteiger partial charge in [0.05, 0.1) is 16.3 Å². The van der Waals surface area contributed by atoms with E-state index in [-0.39, 0.29) is 5.60 Å². The van der Waals surface area contributed by atoms with E-state index in [0.29, 0.717) is 6.04 Å². The molecule has 2 atom stereocenters. The summed E-state index contributed by atoms with van der Waals surface area (Å²) in [6, 6.07) is 6.63. The van der Waals surface area contributed by atoms with Crippen LogP contribution >= 0.6 is 23.4 Å². The highest BCUT2D eigenvalue weighted by Gasteiger charge is 2.40. The maximum absolute atomic E-state index is 6.27. The Labute approximate surface area is 124 Å². The predicted octanol–water partition coefficient (Wildman–Crippen LogP) is 4.12. The largest absolute Gasteiger partial charge is 0.381 e. The fourth-order valence-electron chi connectivity index (χ4n) is 2.98. The average molecular weight is 298 g/mol. The van der Waals surface area contributed by atoms with E-state index in [1.807, 2.05) is 23.9 Å². The number of aryl methyl sites for hydroxylation is 1. The highest BCUT2D eigenvalue weighted by Crippen LogP contribution is 2.39. The number of hydrogen-bond donors (Lipinski definition) is 1. The summed E-state index contributed by atoms with van der Waals surface area (Å²) in [7, 11) is 0. The molecule has 2 nitrogen and oxygen atoms in total. The summed E-state index contributed by atoms with van der Waals surface area (Å²) in [5.41, 5.74) is 2.43. The van der Waals surface area contributed by atoms with Crippen LogP contribution in [0.2, 0.25) is 5.02 Å². The van der Waals surface area contributed by atoms with Crippen molar-refractivity contribution < 1.29 is 4.74 Å². The van der Waals surface area contributed by atoms with Crippen LogP contribution in [-0.2, 0) is 4.74 Å². The second kappa shape index (κ2) is 5.55. The minimum absolute atomic E-state index is 0.122. The smallest absolute Gasteiger partial charge is 0.0799 e. The van der Waals surface area contributed by atoms with Crippen LogP contribution in [0.4, 0.5) is 5.69 Å². The Hall–Kier alpha value is -0.380. The molecule has 1 aromatic carbocycles. The number of rotatable bonds is 2. The van der Waals surface area contributed by atoms with Crippen LogP contribution in [0, 0.1) is 6.92 Å². The molecule has 2 fully saturated rings. The summed E-state index contributed by atoms with van der Waals surface area (Å²) in [4.78, 5) is 0. The first-order valence-electron chi connectivity index (χ1n) is 6.91. The SMILES string of the molecule is Cc1ccc(Cl)c(NC2CCOC3(CCSC3)C2)c1. The topological polar surface area (TPSA) is 21.3 Å². The normalized spacial score (nSPS) is 30.7. The van der Waals surface area contributed by atoms with Crippen molar-refractivity contribution in [3.05, 3.63) is 28.8 Å². The zero-order chi connectivity index (χ0) is 13.3. The molecule has 0 radical (unpaired) electrons. The van der Waals surface area contributed by atoms with E-state index in [4.69, 9.17) is 16.3 Å². The van der Waals surface area contributed by atoms with Gasteiger partial charge in [0.15, 0.2) is 0 Å². The monoisotopic (exact) mass is 297 g/mol. The standard InChI is InChI=1S/C15H20ClNOS/c1-11-2-3-13(16)14(8-11)17-12-4-6-18-15(9-12)5-7-19-10-15/h2-3,8,12,17H,4-7,9-10H2,1H3. The highest BCUT2D eigenvalue weighted by molar-refractivity contribution is 7.99. The van der Waals surface area contributed by atoms with Crippen molar-refractivity contribution in [2.24, 2.45) is 0 Å². The minimum Gasteiger partial charge on any atom is -0.381 e. The van der Waals surface area contributed by atoms with Crippen LogP contribution in [-0.4, -0.2) is 29.8 Å². The number of benzene rings is 1. The van der Waals surface area contributed by atoms with E-state index in [1.54, 1.807) is 0 Å². The van der Waals surface area contributed by atoms with Gasteiger partial charge in [0.25, 0.3) is 0 Å². The van der Waals surface area contributed by atoms with Crippen molar-refractivity contribution in [1.82, 2.24) is 0 Å². The third-order valence-corrected chi connectivity index (χ3v) is 5.59. The molecule has 2 saturated heterocycles. The molecular weight excluding hydrogens is 278 g/mol. The lowest BCUT2D eigenvalue weighted by atomic mass is 9.89. The first-order valence-corrected chi connectivity index (χ1v) is 8.45. The second-order valence-corrected chi connectivity index (χ2v) is 7.16. The van der Waals surface area contributed by atoms with Gasteiger partial charge in [0.2, 0.25) is 0 Å². The van der Waals surface area contributed by atoms with E-state index >= 15 is 0 Å². The molecule has 0 bridgehead atoms. The Balaban J connectivity index is 1.70. The third-order valence-electron chi connectivity index (χ3n) is 4.04. The Morgan fingerprint density at radius 1 is 1.47 bits per heavy atom. The zero-order valence-electron chi connectivity index (χ0n) is 11.2. The van der Waals surface area contributed by atoms with Crippen molar-refractivity contribution >= 4 is 29.1 Å². The van der Waals surface area contributed by atoms with Crippen LogP contribution in [0.15, 0.2) is 18.2 Å². The van der Waals surface area contributed by atoms with Crippen LogP contribution in [0.5, 0.6) is 0 Å². The van der Waals surface area contributed by atoms with Crippen LogP contribution in [0.3, 0.4) is 0 Å². The summed E-state index contributed by atoms with van der Waals surface area (Å²) < 4.78 is 6.05. The molecule has 2 aliphatic rings. The van der Waals surface area contributed by atoms with Gasteiger partial charge in [-0.05, 0) is 49.6 Å². The molecule has 2 heterocycles. The molecule has 4 heteroatoms. The molecule has 1 N–H and O–H groups in total. The highest BCUT2D eigenvalue weighted by atomic mass is 35.5. The first kappa shape index (κ1) is 13.6. The average Bonchev–Trinajstić information content (AvgIpc) is 2.82. The summed E-state index contributed by atoms with van der Waals surface area (Å²) in [5.74, 6) is 2.38. The van der Waals surface area contributed by atoms with Crippen molar-refractivity contribution in [2.45, 2.75) is 37.8 Å². The lowest BCUT2D eigenvalue weighted by Crippen LogP contribution is -2.44. The fourth-order valence-corrected chi connectivity index (χ4v) is 4.53.